The fourth-order valence-electron chi connectivity index (χ4n) is 1.79. The first kappa shape index (κ1) is 14.1. The number of aliphatic carboxylic acids is 1. The summed E-state index contributed by atoms with van der Waals surface area (Å²) in [5, 5.41) is 12.5. The zero-order chi connectivity index (χ0) is 14.8. The number of hydrogen-bond donors (Lipinski definition) is 1. The Morgan fingerprint density at radius 1 is 1.25 bits per heavy atom. The molecule has 1 unspecified atom stereocenters. The van der Waals surface area contributed by atoms with Crippen LogP contribution in [-0.4, -0.2) is 20.9 Å². The highest BCUT2D eigenvalue weighted by atomic mass is 19.4. The molecular formula is C13H11F3N2O2. The van der Waals surface area contributed by atoms with E-state index in [0.717, 1.165) is 16.9 Å². The standard InChI is InChI=1S/C13H11F3N2O2/c14-13(15,16)11-6-7-18(17-11)10(12(19)20)8-9-4-2-1-3-5-9/h1-7,10H,8H2,(H,19,20). The van der Waals surface area contributed by atoms with Gasteiger partial charge < -0.3 is 5.11 Å². The van der Waals surface area contributed by atoms with E-state index in [4.69, 9.17) is 5.11 Å². The molecule has 0 spiro atoms. The Morgan fingerprint density at radius 2 is 1.90 bits per heavy atom. The molecule has 0 aliphatic carbocycles. The molecule has 106 valence electrons. The van der Waals surface area contributed by atoms with Crippen LogP contribution in [-0.2, 0) is 17.4 Å². The van der Waals surface area contributed by atoms with Crippen LogP contribution in [0, 0.1) is 0 Å². The molecular weight excluding hydrogens is 273 g/mol. The van der Waals surface area contributed by atoms with Crippen molar-refractivity contribution in [3.05, 3.63) is 53.9 Å². The van der Waals surface area contributed by atoms with Crippen molar-refractivity contribution in [2.45, 2.75) is 18.6 Å². The number of halogens is 3. The van der Waals surface area contributed by atoms with E-state index in [0.29, 0.717) is 5.56 Å². The lowest BCUT2D eigenvalue weighted by Crippen LogP contribution is -2.22. The molecule has 2 aromatic rings. The second-order valence-electron chi connectivity index (χ2n) is 4.22. The summed E-state index contributed by atoms with van der Waals surface area (Å²) in [5.41, 5.74) is -0.388. The van der Waals surface area contributed by atoms with Crippen molar-refractivity contribution >= 4 is 5.97 Å². The van der Waals surface area contributed by atoms with Crippen LogP contribution in [0.5, 0.6) is 0 Å². The van der Waals surface area contributed by atoms with Gasteiger partial charge in [0.1, 0.15) is 0 Å². The molecule has 1 heterocycles. The van der Waals surface area contributed by atoms with Gasteiger partial charge >= 0.3 is 12.1 Å². The minimum Gasteiger partial charge on any atom is -0.480 e. The molecule has 0 aliphatic rings. The number of aromatic nitrogens is 2. The van der Waals surface area contributed by atoms with Gasteiger partial charge in [0.15, 0.2) is 11.7 Å². The molecule has 1 N–H and O–H groups in total. The lowest BCUT2D eigenvalue weighted by atomic mass is 10.1. The van der Waals surface area contributed by atoms with Crippen molar-refractivity contribution in [2.24, 2.45) is 0 Å². The summed E-state index contributed by atoms with van der Waals surface area (Å²) in [4.78, 5) is 11.2. The van der Waals surface area contributed by atoms with E-state index in [1.54, 1.807) is 30.3 Å². The van der Waals surface area contributed by atoms with Crippen molar-refractivity contribution < 1.29 is 23.1 Å². The zero-order valence-electron chi connectivity index (χ0n) is 10.2. The van der Waals surface area contributed by atoms with E-state index in [1.807, 2.05) is 0 Å². The van der Waals surface area contributed by atoms with Crippen molar-refractivity contribution in [1.29, 1.82) is 0 Å². The van der Waals surface area contributed by atoms with Crippen LogP contribution < -0.4 is 0 Å². The molecule has 2 rings (SSSR count). The molecule has 1 atom stereocenters. The Bertz CT molecular complexity index is 593. The van der Waals surface area contributed by atoms with E-state index < -0.39 is 23.9 Å². The highest BCUT2D eigenvalue weighted by Crippen LogP contribution is 2.28. The van der Waals surface area contributed by atoms with E-state index in [-0.39, 0.29) is 6.42 Å². The number of rotatable bonds is 4. The summed E-state index contributed by atoms with van der Waals surface area (Å²) >= 11 is 0. The molecule has 0 bridgehead atoms. The van der Waals surface area contributed by atoms with Gasteiger partial charge in [-0.25, -0.2) is 4.79 Å². The molecule has 4 nitrogen and oxygen atoms in total. The van der Waals surface area contributed by atoms with Gasteiger partial charge in [0.2, 0.25) is 0 Å². The molecule has 0 saturated heterocycles. The number of alkyl halides is 3. The van der Waals surface area contributed by atoms with E-state index in [2.05, 4.69) is 5.10 Å². The Kier molecular flexibility index (Phi) is 3.78. The third-order valence-corrected chi connectivity index (χ3v) is 2.78. The highest BCUT2D eigenvalue weighted by Gasteiger charge is 2.34. The van der Waals surface area contributed by atoms with Gasteiger partial charge in [-0.15, -0.1) is 0 Å². The van der Waals surface area contributed by atoms with Crippen LogP contribution in [0.4, 0.5) is 13.2 Å². The van der Waals surface area contributed by atoms with E-state index >= 15 is 0 Å². The average Bonchev–Trinajstić information content (AvgIpc) is 2.86. The molecule has 20 heavy (non-hydrogen) atoms. The van der Waals surface area contributed by atoms with Crippen LogP contribution in [0.25, 0.3) is 0 Å². The number of carboxylic acid groups (broad SMARTS) is 1. The van der Waals surface area contributed by atoms with Crippen LogP contribution >= 0.6 is 0 Å². The quantitative estimate of drug-likeness (QED) is 0.939. The minimum atomic E-state index is -4.58. The molecule has 1 aromatic heterocycles. The SMILES string of the molecule is O=C(O)C(Cc1ccccc1)n1ccc(C(F)(F)F)n1. The lowest BCUT2D eigenvalue weighted by Gasteiger charge is -2.13. The fourth-order valence-corrected chi connectivity index (χ4v) is 1.79. The normalized spacial score (nSPS) is 13.2. The first-order chi connectivity index (χ1) is 9.38. The molecule has 7 heteroatoms. The maximum atomic E-state index is 12.5. The molecule has 1 aromatic carbocycles. The summed E-state index contributed by atoms with van der Waals surface area (Å²) in [7, 11) is 0. The number of hydrogen-bond acceptors (Lipinski definition) is 2. The predicted molar refractivity (Wildman–Crippen MR) is 64.0 cm³/mol. The second-order valence-corrected chi connectivity index (χ2v) is 4.22. The van der Waals surface area contributed by atoms with Gasteiger partial charge in [-0.05, 0) is 11.6 Å². The first-order valence-corrected chi connectivity index (χ1v) is 5.77. The maximum Gasteiger partial charge on any atom is 0.435 e. The van der Waals surface area contributed by atoms with Crippen molar-refractivity contribution in [1.82, 2.24) is 9.78 Å². The average molecular weight is 284 g/mol. The lowest BCUT2D eigenvalue weighted by molar-refractivity contribution is -0.144. The second kappa shape index (κ2) is 5.36. The first-order valence-electron chi connectivity index (χ1n) is 5.77. The Labute approximate surface area is 112 Å². The molecule has 0 radical (unpaired) electrons. The largest absolute Gasteiger partial charge is 0.480 e. The number of nitrogens with zero attached hydrogens (tertiary/aromatic N) is 2. The summed E-state index contributed by atoms with van der Waals surface area (Å²) in [6.45, 7) is 0. The predicted octanol–water partition coefficient (Wildman–Crippen LogP) is 2.77. The zero-order valence-corrected chi connectivity index (χ0v) is 10.2. The summed E-state index contributed by atoms with van der Waals surface area (Å²) in [6, 6.07) is 8.26. The van der Waals surface area contributed by atoms with Crippen LogP contribution in [0.15, 0.2) is 42.6 Å². The third-order valence-electron chi connectivity index (χ3n) is 2.78. The Morgan fingerprint density at radius 3 is 2.40 bits per heavy atom. The fraction of sp³-hybridized carbons (Fsp3) is 0.231. The van der Waals surface area contributed by atoms with Gasteiger partial charge in [0, 0.05) is 12.6 Å². The molecule has 0 aliphatic heterocycles. The van der Waals surface area contributed by atoms with E-state index in [9.17, 15) is 18.0 Å². The molecule has 0 saturated carbocycles. The van der Waals surface area contributed by atoms with Crippen LogP contribution in [0.3, 0.4) is 0 Å². The van der Waals surface area contributed by atoms with Crippen molar-refractivity contribution in [3.8, 4) is 0 Å². The monoisotopic (exact) mass is 284 g/mol. The van der Waals surface area contributed by atoms with Crippen LogP contribution in [0.2, 0.25) is 0 Å². The van der Waals surface area contributed by atoms with Gasteiger partial charge in [0.05, 0.1) is 0 Å². The maximum absolute atomic E-state index is 12.5. The van der Waals surface area contributed by atoms with E-state index in [1.165, 1.54) is 0 Å². The molecule has 0 fully saturated rings. The topological polar surface area (TPSA) is 55.1 Å². The number of carboxylic acids is 1. The smallest absolute Gasteiger partial charge is 0.435 e. The third kappa shape index (κ3) is 3.17. The summed E-state index contributed by atoms with van der Waals surface area (Å²) in [6.07, 6.45) is -3.49. The summed E-state index contributed by atoms with van der Waals surface area (Å²) in [5.74, 6) is -1.23. The van der Waals surface area contributed by atoms with Gasteiger partial charge in [-0.1, -0.05) is 30.3 Å². The Balaban J connectivity index is 2.25. The molecule has 0 amide bonds. The number of carbonyl (C=O) groups is 1. The van der Waals surface area contributed by atoms with Crippen LogP contribution in [0.1, 0.15) is 17.3 Å². The highest BCUT2D eigenvalue weighted by molar-refractivity contribution is 5.72. The van der Waals surface area contributed by atoms with Gasteiger partial charge in [-0.3, -0.25) is 4.68 Å². The Hall–Kier alpha value is -2.31. The minimum absolute atomic E-state index is 0.0646. The number of benzene rings is 1. The van der Waals surface area contributed by atoms with Crippen molar-refractivity contribution in [2.75, 3.05) is 0 Å². The van der Waals surface area contributed by atoms with Crippen molar-refractivity contribution in [3.63, 3.8) is 0 Å². The van der Waals surface area contributed by atoms with Gasteiger partial charge in [-0.2, -0.15) is 18.3 Å². The van der Waals surface area contributed by atoms with Gasteiger partial charge in [0.25, 0.3) is 0 Å². The summed E-state index contributed by atoms with van der Waals surface area (Å²) < 4.78 is 38.2.